The second kappa shape index (κ2) is 9.51. The summed E-state index contributed by atoms with van der Waals surface area (Å²) in [4.78, 5) is 12.9. The summed E-state index contributed by atoms with van der Waals surface area (Å²) in [6.45, 7) is 7.68. The van der Waals surface area contributed by atoms with E-state index in [1.165, 1.54) is 0 Å². The molecule has 0 aliphatic heterocycles. The number of aliphatic hydroxyl groups excluding tert-OH is 1. The van der Waals surface area contributed by atoms with Crippen molar-refractivity contribution in [2.45, 2.75) is 26.9 Å². The standard InChI is InChI=1S/C25H24ClNO3/c1-16-7-9-22(30-15-20-5-4-6-21(26)13-20)14-23(16)25(29)27-24-10-8-19(11-17(24)2)12-18(3)28/h4-11,13-14,28H,3,12,15H2,1-2H3,(H,27,29). The van der Waals surface area contributed by atoms with Crippen LogP contribution in [0, 0.1) is 13.8 Å². The van der Waals surface area contributed by atoms with E-state index in [-0.39, 0.29) is 11.7 Å². The number of carbonyl (C=O) groups is 1. The van der Waals surface area contributed by atoms with Crippen molar-refractivity contribution in [3.05, 3.63) is 106 Å². The summed E-state index contributed by atoms with van der Waals surface area (Å²) in [5.41, 5.74) is 4.92. The Hall–Kier alpha value is -3.24. The van der Waals surface area contributed by atoms with Crippen LogP contribution in [0.15, 0.2) is 73.0 Å². The number of ether oxygens (including phenoxy) is 1. The fraction of sp³-hybridized carbons (Fsp3) is 0.160. The number of carbonyl (C=O) groups excluding carboxylic acids is 1. The van der Waals surface area contributed by atoms with Gasteiger partial charge in [-0.3, -0.25) is 4.79 Å². The molecular weight excluding hydrogens is 398 g/mol. The van der Waals surface area contributed by atoms with Crippen LogP contribution >= 0.6 is 11.6 Å². The lowest BCUT2D eigenvalue weighted by Gasteiger charge is -2.13. The van der Waals surface area contributed by atoms with Crippen LogP contribution in [0.1, 0.15) is 32.6 Å². The molecule has 3 aromatic carbocycles. The summed E-state index contributed by atoms with van der Waals surface area (Å²) in [5.74, 6) is 0.513. The summed E-state index contributed by atoms with van der Waals surface area (Å²) < 4.78 is 5.85. The number of hydrogen-bond donors (Lipinski definition) is 2. The van der Waals surface area contributed by atoms with E-state index in [2.05, 4.69) is 11.9 Å². The second-order valence-electron chi connectivity index (χ2n) is 7.24. The minimum Gasteiger partial charge on any atom is -0.513 e. The van der Waals surface area contributed by atoms with Crippen molar-refractivity contribution < 1.29 is 14.6 Å². The van der Waals surface area contributed by atoms with E-state index in [1.807, 2.05) is 68.4 Å². The van der Waals surface area contributed by atoms with Crippen LogP contribution in [0.4, 0.5) is 5.69 Å². The van der Waals surface area contributed by atoms with Gasteiger partial charge in [0, 0.05) is 22.7 Å². The Morgan fingerprint density at radius 3 is 2.53 bits per heavy atom. The number of hydrogen-bond acceptors (Lipinski definition) is 3. The van der Waals surface area contributed by atoms with E-state index in [1.54, 1.807) is 6.07 Å². The summed E-state index contributed by atoms with van der Waals surface area (Å²) in [6, 6.07) is 18.6. The van der Waals surface area contributed by atoms with Crippen molar-refractivity contribution in [3.8, 4) is 5.75 Å². The molecule has 0 aliphatic carbocycles. The zero-order valence-electron chi connectivity index (χ0n) is 17.0. The first-order valence-electron chi connectivity index (χ1n) is 9.57. The van der Waals surface area contributed by atoms with Gasteiger partial charge < -0.3 is 15.2 Å². The van der Waals surface area contributed by atoms with Gasteiger partial charge in [-0.25, -0.2) is 0 Å². The maximum absolute atomic E-state index is 12.9. The lowest BCUT2D eigenvalue weighted by molar-refractivity contribution is 0.102. The molecule has 3 rings (SSSR count). The molecule has 0 fully saturated rings. The van der Waals surface area contributed by atoms with Gasteiger partial charge in [0.25, 0.3) is 5.91 Å². The highest BCUT2D eigenvalue weighted by Crippen LogP contribution is 2.23. The molecule has 0 radical (unpaired) electrons. The minimum absolute atomic E-state index is 0.108. The van der Waals surface area contributed by atoms with E-state index in [0.717, 1.165) is 27.9 Å². The van der Waals surface area contributed by atoms with Crippen molar-refractivity contribution in [3.63, 3.8) is 0 Å². The first kappa shape index (κ1) is 21.5. The van der Waals surface area contributed by atoms with Gasteiger partial charge in [0.2, 0.25) is 0 Å². The SMILES string of the molecule is C=C(O)Cc1ccc(NC(=O)c2cc(OCc3cccc(Cl)c3)ccc2C)c(C)c1. The number of aliphatic hydroxyl groups is 1. The molecule has 2 N–H and O–H groups in total. The lowest BCUT2D eigenvalue weighted by Crippen LogP contribution is -2.14. The predicted molar refractivity (Wildman–Crippen MR) is 122 cm³/mol. The summed E-state index contributed by atoms with van der Waals surface area (Å²) >= 11 is 6.01. The Morgan fingerprint density at radius 2 is 1.83 bits per heavy atom. The molecule has 0 aromatic heterocycles. The first-order valence-corrected chi connectivity index (χ1v) is 9.95. The molecule has 0 spiro atoms. The van der Waals surface area contributed by atoms with Crippen molar-refractivity contribution in [1.29, 1.82) is 0 Å². The van der Waals surface area contributed by atoms with Crippen LogP contribution < -0.4 is 10.1 Å². The molecule has 0 saturated carbocycles. The molecule has 0 heterocycles. The van der Waals surface area contributed by atoms with Gasteiger partial charge in [0.1, 0.15) is 12.4 Å². The summed E-state index contributed by atoms with van der Waals surface area (Å²) in [7, 11) is 0. The summed E-state index contributed by atoms with van der Waals surface area (Å²) in [6.07, 6.45) is 0.389. The normalized spacial score (nSPS) is 10.5. The van der Waals surface area contributed by atoms with Crippen LogP contribution in [0.2, 0.25) is 5.02 Å². The van der Waals surface area contributed by atoms with E-state index < -0.39 is 0 Å². The quantitative estimate of drug-likeness (QED) is 0.434. The van der Waals surface area contributed by atoms with Crippen LogP contribution in [0.5, 0.6) is 5.75 Å². The van der Waals surface area contributed by atoms with E-state index in [9.17, 15) is 9.90 Å². The highest BCUT2D eigenvalue weighted by atomic mass is 35.5. The number of aryl methyl sites for hydroxylation is 2. The van der Waals surface area contributed by atoms with E-state index in [4.69, 9.17) is 16.3 Å². The fourth-order valence-electron chi connectivity index (χ4n) is 3.13. The zero-order valence-corrected chi connectivity index (χ0v) is 17.8. The van der Waals surface area contributed by atoms with Crippen molar-refractivity contribution in [1.82, 2.24) is 0 Å². The van der Waals surface area contributed by atoms with Crippen LogP contribution in [-0.2, 0) is 13.0 Å². The Morgan fingerprint density at radius 1 is 1.03 bits per heavy atom. The number of halogens is 1. The Balaban J connectivity index is 1.72. The van der Waals surface area contributed by atoms with Crippen molar-refractivity contribution >= 4 is 23.2 Å². The van der Waals surface area contributed by atoms with Gasteiger partial charge in [-0.15, -0.1) is 0 Å². The van der Waals surface area contributed by atoms with E-state index in [0.29, 0.717) is 29.4 Å². The average molecular weight is 422 g/mol. The van der Waals surface area contributed by atoms with Crippen LogP contribution in [-0.4, -0.2) is 11.0 Å². The molecule has 0 saturated heterocycles. The van der Waals surface area contributed by atoms with E-state index >= 15 is 0 Å². The third-order valence-corrected chi connectivity index (χ3v) is 4.93. The van der Waals surface area contributed by atoms with Gasteiger partial charge >= 0.3 is 0 Å². The van der Waals surface area contributed by atoms with Gasteiger partial charge in [-0.1, -0.05) is 48.5 Å². The topological polar surface area (TPSA) is 58.6 Å². The third kappa shape index (κ3) is 5.65. The fourth-order valence-corrected chi connectivity index (χ4v) is 3.34. The predicted octanol–water partition coefficient (Wildman–Crippen LogP) is 6.40. The van der Waals surface area contributed by atoms with Gasteiger partial charge in [0.05, 0.1) is 5.76 Å². The molecule has 4 nitrogen and oxygen atoms in total. The molecule has 0 bridgehead atoms. The number of allylic oxidation sites excluding steroid dienone is 1. The molecular formula is C25H24ClNO3. The number of rotatable bonds is 7. The molecule has 30 heavy (non-hydrogen) atoms. The second-order valence-corrected chi connectivity index (χ2v) is 7.68. The molecule has 0 aliphatic rings. The van der Waals surface area contributed by atoms with Gasteiger partial charge in [-0.05, 0) is 66.4 Å². The van der Waals surface area contributed by atoms with Crippen LogP contribution in [0.25, 0.3) is 0 Å². The largest absolute Gasteiger partial charge is 0.513 e. The van der Waals surface area contributed by atoms with Gasteiger partial charge in [-0.2, -0.15) is 0 Å². The molecule has 0 atom stereocenters. The molecule has 3 aromatic rings. The maximum Gasteiger partial charge on any atom is 0.256 e. The number of nitrogens with one attached hydrogen (secondary N) is 1. The Labute approximate surface area is 181 Å². The molecule has 1 amide bonds. The number of amides is 1. The van der Waals surface area contributed by atoms with Crippen molar-refractivity contribution in [2.75, 3.05) is 5.32 Å². The van der Waals surface area contributed by atoms with Crippen LogP contribution in [0.3, 0.4) is 0 Å². The lowest BCUT2D eigenvalue weighted by atomic mass is 10.0. The third-order valence-electron chi connectivity index (χ3n) is 4.70. The Bertz CT molecular complexity index is 1090. The zero-order chi connectivity index (χ0) is 21.7. The average Bonchev–Trinajstić information content (AvgIpc) is 2.69. The van der Waals surface area contributed by atoms with Crippen molar-refractivity contribution in [2.24, 2.45) is 0 Å². The smallest absolute Gasteiger partial charge is 0.256 e. The molecule has 5 heteroatoms. The maximum atomic E-state index is 12.9. The summed E-state index contributed by atoms with van der Waals surface area (Å²) in [5, 5.41) is 13.0. The monoisotopic (exact) mass is 421 g/mol. The van der Waals surface area contributed by atoms with Gasteiger partial charge in [0.15, 0.2) is 0 Å². The minimum atomic E-state index is -0.205. The Kier molecular flexibility index (Phi) is 6.80. The molecule has 0 unspecified atom stereocenters. The highest BCUT2D eigenvalue weighted by Gasteiger charge is 2.13. The first-order chi connectivity index (χ1) is 14.3. The number of anilines is 1. The number of benzene rings is 3. The highest BCUT2D eigenvalue weighted by molar-refractivity contribution is 6.30. The molecule has 154 valence electrons.